The predicted octanol–water partition coefficient (Wildman–Crippen LogP) is 3.73. The third-order valence-electron chi connectivity index (χ3n) is 3.39. The van der Waals surface area contributed by atoms with Crippen molar-refractivity contribution in [3.63, 3.8) is 0 Å². The molecule has 1 heterocycles. The van der Waals surface area contributed by atoms with Gasteiger partial charge in [0, 0.05) is 17.0 Å². The molecule has 0 spiro atoms. The first-order valence-electron chi connectivity index (χ1n) is 6.25. The molecule has 1 aliphatic rings. The molecular formula is C16H13ClO2. The highest BCUT2D eigenvalue weighted by Crippen LogP contribution is 2.37. The predicted molar refractivity (Wildman–Crippen MR) is 74.6 cm³/mol. The van der Waals surface area contributed by atoms with Gasteiger partial charge in [0.2, 0.25) is 0 Å². The number of ether oxygens (including phenoxy) is 1. The Morgan fingerprint density at radius 1 is 1.00 bits per heavy atom. The quantitative estimate of drug-likeness (QED) is 0.629. The van der Waals surface area contributed by atoms with Crippen LogP contribution in [0.25, 0.3) is 0 Å². The third kappa shape index (κ3) is 2.13. The molecule has 2 aromatic carbocycles. The maximum absolute atomic E-state index is 11.9. The van der Waals surface area contributed by atoms with Crippen LogP contribution in [0.2, 0.25) is 0 Å². The molecule has 0 radical (unpaired) electrons. The number of fused-ring (bicyclic) bond motifs is 1. The number of halogens is 1. The van der Waals surface area contributed by atoms with Crippen molar-refractivity contribution in [3.8, 4) is 0 Å². The van der Waals surface area contributed by atoms with Crippen LogP contribution in [0.15, 0.2) is 48.5 Å². The lowest BCUT2D eigenvalue weighted by atomic mass is 9.94. The number of hydrogen-bond donors (Lipinski definition) is 0. The number of cyclic esters (lactones) is 1. The van der Waals surface area contributed by atoms with Crippen molar-refractivity contribution in [2.24, 2.45) is 0 Å². The van der Waals surface area contributed by atoms with Gasteiger partial charge in [-0.25, -0.2) is 4.79 Å². The van der Waals surface area contributed by atoms with Crippen LogP contribution in [0.4, 0.5) is 0 Å². The Kier molecular flexibility index (Phi) is 3.26. The summed E-state index contributed by atoms with van der Waals surface area (Å²) >= 11 is 5.84. The molecule has 0 amide bonds. The lowest BCUT2D eigenvalue weighted by Gasteiger charge is -2.15. The van der Waals surface area contributed by atoms with Gasteiger partial charge in [0.25, 0.3) is 0 Å². The van der Waals surface area contributed by atoms with E-state index < -0.39 is 0 Å². The molecule has 0 saturated heterocycles. The molecule has 1 unspecified atom stereocenters. The Labute approximate surface area is 117 Å². The van der Waals surface area contributed by atoms with Crippen LogP contribution in [0.1, 0.15) is 33.2 Å². The first-order valence-corrected chi connectivity index (χ1v) is 6.78. The average Bonchev–Trinajstić information content (AvgIpc) is 2.78. The van der Waals surface area contributed by atoms with E-state index in [4.69, 9.17) is 16.3 Å². The van der Waals surface area contributed by atoms with E-state index in [2.05, 4.69) is 0 Å². The molecule has 2 aromatic rings. The van der Waals surface area contributed by atoms with Gasteiger partial charge in [0.1, 0.15) is 0 Å². The molecule has 0 N–H and O–H groups in total. The number of carbonyl (C=O) groups excluding carboxylic acids is 1. The Bertz CT molecular complexity index is 622. The number of carbonyl (C=O) groups is 1. The minimum Gasteiger partial charge on any atom is -0.449 e. The molecule has 0 saturated carbocycles. The summed E-state index contributed by atoms with van der Waals surface area (Å²) in [6, 6.07) is 15.5. The minimum absolute atomic E-state index is 0.249. The Balaban J connectivity index is 2.07. The second-order valence-electron chi connectivity index (χ2n) is 4.51. The zero-order valence-electron chi connectivity index (χ0n) is 10.3. The highest BCUT2D eigenvalue weighted by atomic mass is 35.5. The van der Waals surface area contributed by atoms with Gasteiger partial charge in [0.05, 0.1) is 5.56 Å². The maximum atomic E-state index is 11.9. The molecular weight excluding hydrogens is 260 g/mol. The van der Waals surface area contributed by atoms with Crippen LogP contribution >= 0.6 is 11.6 Å². The summed E-state index contributed by atoms with van der Waals surface area (Å²) < 4.78 is 5.52. The van der Waals surface area contributed by atoms with E-state index in [0.717, 1.165) is 23.1 Å². The summed E-state index contributed by atoms with van der Waals surface area (Å²) in [5.74, 6) is 0.306. The van der Waals surface area contributed by atoms with Gasteiger partial charge in [-0.05, 0) is 18.1 Å². The van der Waals surface area contributed by atoms with Gasteiger partial charge < -0.3 is 4.74 Å². The van der Waals surface area contributed by atoms with Crippen LogP contribution < -0.4 is 0 Å². The molecule has 1 aliphatic heterocycles. The van der Waals surface area contributed by atoms with Crippen molar-refractivity contribution in [1.29, 1.82) is 0 Å². The molecule has 0 aromatic heterocycles. The van der Waals surface area contributed by atoms with E-state index in [1.54, 1.807) is 0 Å². The minimum atomic E-state index is -0.303. The summed E-state index contributed by atoms with van der Waals surface area (Å²) in [5, 5.41) is 0. The number of aryl methyl sites for hydroxylation is 1. The van der Waals surface area contributed by atoms with Gasteiger partial charge in [0.15, 0.2) is 6.10 Å². The van der Waals surface area contributed by atoms with Gasteiger partial charge in [-0.1, -0.05) is 42.5 Å². The van der Waals surface area contributed by atoms with Crippen LogP contribution in [0.3, 0.4) is 0 Å². The molecule has 1 atom stereocenters. The molecule has 2 nitrogen and oxygen atoms in total. The van der Waals surface area contributed by atoms with Crippen LogP contribution in [0, 0.1) is 0 Å². The van der Waals surface area contributed by atoms with Crippen molar-refractivity contribution in [2.75, 3.05) is 5.88 Å². The van der Waals surface area contributed by atoms with Crippen LogP contribution in [-0.4, -0.2) is 11.8 Å². The fraction of sp³-hybridized carbons (Fsp3) is 0.188. The van der Waals surface area contributed by atoms with Crippen molar-refractivity contribution in [1.82, 2.24) is 0 Å². The summed E-state index contributed by atoms with van der Waals surface area (Å²) in [7, 11) is 0. The topological polar surface area (TPSA) is 26.3 Å². The number of rotatable bonds is 3. The summed E-state index contributed by atoms with van der Waals surface area (Å²) in [6.07, 6.45) is 0.469. The number of benzene rings is 2. The largest absolute Gasteiger partial charge is 0.449 e. The zero-order valence-corrected chi connectivity index (χ0v) is 11.1. The highest BCUT2D eigenvalue weighted by Gasteiger charge is 2.32. The van der Waals surface area contributed by atoms with Gasteiger partial charge in [-0.2, -0.15) is 0 Å². The molecule has 96 valence electrons. The Hall–Kier alpha value is -1.80. The Morgan fingerprint density at radius 3 is 2.47 bits per heavy atom. The molecule has 0 bridgehead atoms. The fourth-order valence-corrected chi connectivity index (χ4v) is 2.70. The first-order chi connectivity index (χ1) is 9.31. The lowest BCUT2D eigenvalue weighted by molar-refractivity contribution is 0.0455. The first kappa shape index (κ1) is 12.2. The van der Waals surface area contributed by atoms with Crippen molar-refractivity contribution >= 4 is 17.6 Å². The monoisotopic (exact) mass is 272 g/mol. The van der Waals surface area contributed by atoms with Gasteiger partial charge in [-0.3, -0.25) is 0 Å². The molecule has 0 aliphatic carbocycles. The normalized spacial score (nSPS) is 17.1. The van der Waals surface area contributed by atoms with E-state index in [0.29, 0.717) is 11.4 Å². The standard InChI is InChI=1S/C16H13ClO2/c17-10-9-11-5-1-2-6-12(11)15-13-7-3-4-8-14(13)16(18)19-15/h1-8,15H,9-10H2. The summed E-state index contributed by atoms with van der Waals surface area (Å²) in [6.45, 7) is 0. The second kappa shape index (κ2) is 5.06. The third-order valence-corrected chi connectivity index (χ3v) is 3.58. The van der Waals surface area contributed by atoms with E-state index in [-0.39, 0.29) is 12.1 Å². The van der Waals surface area contributed by atoms with Crippen LogP contribution in [0.5, 0.6) is 0 Å². The van der Waals surface area contributed by atoms with Crippen LogP contribution in [-0.2, 0) is 11.2 Å². The molecule has 3 rings (SSSR count). The van der Waals surface area contributed by atoms with E-state index in [1.807, 2.05) is 48.5 Å². The second-order valence-corrected chi connectivity index (χ2v) is 4.89. The SMILES string of the molecule is O=C1OC(c2ccccc2CCCl)c2ccccc21. The van der Waals surface area contributed by atoms with Gasteiger partial charge in [-0.15, -0.1) is 11.6 Å². The zero-order chi connectivity index (χ0) is 13.2. The number of alkyl halides is 1. The van der Waals surface area contributed by atoms with Crippen molar-refractivity contribution in [2.45, 2.75) is 12.5 Å². The van der Waals surface area contributed by atoms with Gasteiger partial charge >= 0.3 is 5.97 Å². The van der Waals surface area contributed by atoms with E-state index in [1.165, 1.54) is 0 Å². The highest BCUT2D eigenvalue weighted by molar-refractivity contribution is 6.18. The molecule has 19 heavy (non-hydrogen) atoms. The van der Waals surface area contributed by atoms with E-state index >= 15 is 0 Å². The molecule has 0 fully saturated rings. The lowest BCUT2D eigenvalue weighted by Crippen LogP contribution is -2.05. The summed E-state index contributed by atoms with van der Waals surface area (Å²) in [5.41, 5.74) is 3.76. The fourth-order valence-electron chi connectivity index (χ4n) is 2.50. The number of hydrogen-bond acceptors (Lipinski definition) is 2. The number of esters is 1. The van der Waals surface area contributed by atoms with E-state index in [9.17, 15) is 4.79 Å². The smallest absolute Gasteiger partial charge is 0.339 e. The van der Waals surface area contributed by atoms with Crippen molar-refractivity contribution in [3.05, 3.63) is 70.8 Å². The average molecular weight is 273 g/mol. The van der Waals surface area contributed by atoms with Crippen molar-refractivity contribution < 1.29 is 9.53 Å². The summed E-state index contributed by atoms with van der Waals surface area (Å²) in [4.78, 5) is 11.9. The Morgan fingerprint density at radius 2 is 1.68 bits per heavy atom. The molecule has 3 heteroatoms. The maximum Gasteiger partial charge on any atom is 0.339 e.